The lowest BCUT2D eigenvalue weighted by Gasteiger charge is -2.23. The molecule has 1 unspecified atom stereocenters. The van der Waals surface area contributed by atoms with E-state index in [1.807, 2.05) is 0 Å². The maximum absolute atomic E-state index is 12.0. The molecule has 106 valence electrons. The van der Waals surface area contributed by atoms with Crippen LogP contribution in [0, 0.1) is 0 Å². The molecule has 0 saturated carbocycles. The van der Waals surface area contributed by atoms with Crippen LogP contribution in [0.2, 0.25) is 0 Å². The van der Waals surface area contributed by atoms with Crippen molar-refractivity contribution in [3.63, 3.8) is 0 Å². The van der Waals surface area contributed by atoms with Crippen molar-refractivity contribution in [2.75, 3.05) is 37.7 Å². The first-order chi connectivity index (χ1) is 8.66. The summed E-state index contributed by atoms with van der Waals surface area (Å²) in [4.78, 5) is 2.27. The second-order valence-corrected chi connectivity index (χ2v) is 7.94. The van der Waals surface area contributed by atoms with E-state index >= 15 is 0 Å². The highest BCUT2D eigenvalue weighted by atomic mass is 32.2. The summed E-state index contributed by atoms with van der Waals surface area (Å²) in [5.74, 6) is 0.707. The molecule has 0 spiro atoms. The van der Waals surface area contributed by atoms with Gasteiger partial charge in [0.1, 0.15) is 0 Å². The van der Waals surface area contributed by atoms with Gasteiger partial charge in [-0.2, -0.15) is 0 Å². The van der Waals surface area contributed by atoms with E-state index in [1.165, 1.54) is 25.7 Å². The summed E-state index contributed by atoms with van der Waals surface area (Å²) in [6, 6.07) is 0.431. The van der Waals surface area contributed by atoms with Crippen molar-refractivity contribution in [3.05, 3.63) is 0 Å². The van der Waals surface area contributed by atoms with Gasteiger partial charge in [-0.25, -0.2) is 8.42 Å². The van der Waals surface area contributed by atoms with Crippen molar-refractivity contribution < 1.29 is 8.42 Å². The van der Waals surface area contributed by atoms with Crippen LogP contribution in [0.4, 0.5) is 0 Å². The molecule has 0 aromatic carbocycles. The van der Waals surface area contributed by atoms with Gasteiger partial charge in [-0.1, -0.05) is 6.42 Å². The maximum Gasteiger partial charge on any atom is 0.151 e. The molecule has 0 bridgehead atoms. The predicted molar refractivity (Wildman–Crippen MR) is 74.6 cm³/mol. The second-order valence-electron chi connectivity index (χ2n) is 5.64. The molecule has 0 aliphatic carbocycles. The molecular formula is C13H26N2O2S. The number of likely N-dealkylation sites (tertiary alicyclic amines) is 1. The lowest BCUT2D eigenvalue weighted by Crippen LogP contribution is -2.36. The van der Waals surface area contributed by atoms with Gasteiger partial charge in [-0.05, 0) is 51.7 Å². The van der Waals surface area contributed by atoms with Crippen LogP contribution in [-0.2, 0) is 9.84 Å². The van der Waals surface area contributed by atoms with E-state index in [0.29, 0.717) is 17.5 Å². The zero-order valence-corrected chi connectivity index (χ0v) is 12.1. The van der Waals surface area contributed by atoms with E-state index in [2.05, 4.69) is 10.2 Å². The van der Waals surface area contributed by atoms with Gasteiger partial charge in [0.25, 0.3) is 0 Å². The molecule has 2 aliphatic heterocycles. The zero-order valence-electron chi connectivity index (χ0n) is 11.2. The molecular weight excluding hydrogens is 248 g/mol. The van der Waals surface area contributed by atoms with Crippen molar-refractivity contribution in [2.45, 2.75) is 44.6 Å². The molecule has 0 radical (unpaired) electrons. The minimum atomic E-state index is -2.85. The SMILES string of the molecule is O=S(=O)(CCC1CCCCN1)CCN1CCCC1. The number of sulfone groups is 1. The molecule has 2 heterocycles. The van der Waals surface area contributed by atoms with Crippen LogP contribution < -0.4 is 5.32 Å². The van der Waals surface area contributed by atoms with Crippen molar-refractivity contribution in [3.8, 4) is 0 Å². The predicted octanol–water partition coefficient (Wildman–Crippen LogP) is 1.03. The van der Waals surface area contributed by atoms with Gasteiger partial charge in [0, 0.05) is 12.6 Å². The Labute approximate surface area is 111 Å². The van der Waals surface area contributed by atoms with E-state index in [-0.39, 0.29) is 0 Å². The fourth-order valence-corrected chi connectivity index (χ4v) is 4.25. The van der Waals surface area contributed by atoms with Gasteiger partial charge in [0.2, 0.25) is 0 Å². The van der Waals surface area contributed by atoms with Crippen molar-refractivity contribution in [1.82, 2.24) is 10.2 Å². The Hall–Kier alpha value is -0.130. The monoisotopic (exact) mass is 274 g/mol. The third-order valence-electron chi connectivity index (χ3n) is 4.11. The van der Waals surface area contributed by atoms with E-state index < -0.39 is 9.84 Å². The first-order valence-corrected chi connectivity index (χ1v) is 9.14. The molecule has 1 atom stereocenters. The van der Waals surface area contributed by atoms with Crippen molar-refractivity contribution >= 4 is 9.84 Å². The summed E-state index contributed by atoms with van der Waals surface area (Å²) in [6.45, 7) is 3.96. The Morgan fingerprint density at radius 1 is 1.06 bits per heavy atom. The summed E-state index contributed by atoms with van der Waals surface area (Å²) in [5, 5.41) is 3.41. The summed E-state index contributed by atoms with van der Waals surface area (Å²) in [5.41, 5.74) is 0. The molecule has 18 heavy (non-hydrogen) atoms. The number of nitrogens with zero attached hydrogens (tertiary/aromatic N) is 1. The van der Waals surface area contributed by atoms with Gasteiger partial charge in [-0.15, -0.1) is 0 Å². The van der Waals surface area contributed by atoms with Crippen molar-refractivity contribution in [1.29, 1.82) is 0 Å². The number of hydrogen-bond donors (Lipinski definition) is 1. The quantitative estimate of drug-likeness (QED) is 0.786. The van der Waals surface area contributed by atoms with Gasteiger partial charge < -0.3 is 10.2 Å². The highest BCUT2D eigenvalue weighted by molar-refractivity contribution is 7.91. The van der Waals surface area contributed by atoms with Crippen molar-refractivity contribution in [2.24, 2.45) is 0 Å². The molecule has 2 saturated heterocycles. The lowest BCUT2D eigenvalue weighted by atomic mass is 10.0. The first-order valence-electron chi connectivity index (χ1n) is 7.32. The fourth-order valence-electron chi connectivity index (χ4n) is 2.87. The smallest absolute Gasteiger partial charge is 0.151 e. The Morgan fingerprint density at radius 3 is 2.50 bits per heavy atom. The summed E-state index contributed by atoms with van der Waals surface area (Å²) < 4.78 is 24.0. The Balaban J connectivity index is 1.66. The molecule has 0 amide bonds. The third-order valence-corrected chi connectivity index (χ3v) is 5.77. The molecule has 5 heteroatoms. The van der Waals surface area contributed by atoms with Gasteiger partial charge in [0.05, 0.1) is 11.5 Å². The maximum atomic E-state index is 12.0. The minimum absolute atomic E-state index is 0.347. The Morgan fingerprint density at radius 2 is 1.83 bits per heavy atom. The fraction of sp³-hybridized carbons (Fsp3) is 1.00. The highest BCUT2D eigenvalue weighted by Gasteiger charge is 2.19. The van der Waals surface area contributed by atoms with Crippen LogP contribution in [0.25, 0.3) is 0 Å². The molecule has 2 rings (SSSR count). The molecule has 2 aliphatic rings. The summed E-state index contributed by atoms with van der Waals surface area (Å²) >= 11 is 0. The molecule has 4 nitrogen and oxygen atoms in total. The zero-order chi connectivity index (χ0) is 12.8. The average molecular weight is 274 g/mol. The third kappa shape index (κ3) is 4.86. The summed E-state index contributed by atoms with van der Waals surface area (Å²) in [6.07, 6.45) is 6.87. The average Bonchev–Trinajstić information content (AvgIpc) is 2.89. The highest BCUT2D eigenvalue weighted by Crippen LogP contribution is 2.12. The van der Waals surface area contributed by atoms with Gasteiger partial charge >= 0.3 is 0 Å². The van der Waals surface area contributed by atoms with Gasteiger partial charge in [0.15, 0.2) is 9.84 Å². The Kier molecular flexibility index (Phi) is 5.45. The number of hydrogen-bond acceptors (Lipinski definition) is 4. The number of piperidine rings is 1. The topological polar surface area (TPSA) is 49.4 Å². The molecule has 0 aromatic heterocycles. The largest absolute Gasteiger partial charge is 0.314 e. The number of nitrogens with one attached hydrogen (secondary N) is 1. The minimum Gasteiger partial charge on any atom is -0.314 e. The van der Waals surface area contributed by atoms with Crippen LogP contribution in [0.15, 0.2) is 0 Å². The normalized spacial score (nSPS) is 26.6. The number of rotatable bonds is 6. The van der Waals surface area contributed by atoms with Crippen LogP contribution in [-0.4, -0.2) is 57.0 Å². The first kappa shape index (κ1) is 14.3. The van der Waals surface area contributed by atoms with Crippen LogP contribution >= 0.6 is 0 Å². The molecule has 0 aromatic rings. The standard InChI is InChI=1S/C13H26N2O2S/c16-18(17,12-10-15-8-3-4-9-15)11-6-13-5-1-2-7-14-13/h13-14H,1-12H2. The summed E-state index contributed by atoms with van der Waals surface area (Å²) in [7, 11) is -2.85. The van der Waals surface area contributed by atoms with E-state index in [1.54, 1.807) is 0 Å². The van der Waals surface area contributed by atoms with Crippen LogP contribution in [0.1, 0.15) is 38.5 Å². The van der Waals surface area contributed by atoms with Gasteiger partial charge in [-0.3, -0.25) is 0 Å². The van der Waals surface area contributed by atoms with Crippen LogP contribution in [0.3, 0.4) is 0 Å². The molecule has 2 fully saturated rings. The lowest BCUT2D eigenvalue weighted by molar-refractivity contribution is 0.358. The van der Waals surface area contributed by atoms with Crippen LogP contribution in [0.5, 0.6) is 0 Å². The Bertz CT molecular complexity index is 331. The van der Waals surface area contributed by atoms with E-state index in [9.17, 15) is 8.42 Å². The van der Waals surface area contributed by atoms with E-state index in [4.69, 9.17) is 0 Å². The van der Waals surface area contributed by atoms with E-state index in [0.717, 1.165) is 39.0 Å². The second kappa shape index (κ2) is 6.87. The molecule has 1 N–H and O–H groups in total.